The topological polar surface area (TPSA) is 68.2 Å². The van der Waals surface area contributed by atoms with E-state index in [9.17, 15) is 5.11 Å². The first-order valence-corrected chi connectivity index (χ1v) is 10.5. The molecule has 1 rings (SSSR count). The van der Waals surface area contributed by atoms with Crippen molar-refractivity contribution in [2.24, 2.45) is 0 Å². The highest BCUT2D eigenvalue weighted by Gasteiger charge is 2.06. The van der Waals surface area contributed by atoms with Crippen LogP contribution in [0.5, 0.6) is 11.5 Å². The van der Waals surface area contributed by atoms with Gasteiger partial charge in [0, 0.05) is 13.2 Å². The van der Waals surface area contributed by atoms with Crippen molar-refractivity contribution in [2.75, 3.05) is 33.0 Å². The fraction of sp³-hybridized carbons (Fsp3) is 0.727. The monoisotopic (exact) mass is 382 g/mol. The molecular weight excluding hydrogens is 344 g/mol. The molecule has 0 radical (unpaired) electrons. The SMILES string of the molecule is CCCCCCCCCCOc1ccc(OCC(O)COCCCO)cc1. The first-order valence-electron chi connectivity index (χ1n) is 10.5. The van der Waals surface area contributed by atoms with E-state index in [0.717, 1.165) is 18.8 Å². The van der Waals surface area contributed by atoms with Gasteiger partial charge in [0.15, 0.2) is 0 Å². The van der Waals surface area contributed by atoms with Crippen molar-refractivity contribution in [2.45, 2.75) is 70.8 Å². The predicted octanol–water partition coefficient (Wildman–Crippen LogP) is 4.34. The second-order valence-electron chi connectivity index (χ2n) is 6.91. The third-order valence-electron chi connectivity index (χ3n) is 4.29. The van der Waals surface area contributed by atoms with Crippen LogP contribution in [0.3, 0.4) is 0 Å². The summed E-state index contributed by atoms with van der Waals surface area (Å²) in [5.41, 5.74) is 0. The van der Waals surface area contributed by atoms with Crippen molar-refractivity contribution in [1.82, 2.24) is 0 Å². The molecule has 0 bridgehead atoms. The summed E-state index contributed by atoms with van der Waals surface area (Å²) in [4.78, 5) is 0. The van der Waals surface area contributed by atoms with E-state index in [4.69, 9.17) is 19.3 Å². The zero-order valence-corrected chi connectivity index (χ0v) is 16.9. The van der Waals surface area contributed by atoms with Gasteiger partial charge in [-0.25, -0.2) is 0 Å². The van der Waals surface area contributed by atoms with Crippen LogP contribution in [0.4, 0.5) is 0 Å². The van der Waals surface area contributed by atoms with E-state index in [1.807, 2.05) is 24.3 Å². The molecule has 0 spiro atoms. The second-order valence-corrected chi connectivity index (χ2v) is 6.91. The van der Waals surface area contributed by atoms with Crippen LogP contribution in [0.2, 0.25) is 0 Å². The molecule has 0 aromatic heterocycles. The number of unbranched alkanes of at least 4 members (excludes halogenated alkanes) is 7. The Morgan fingerprint density at radius 1 is 0.741 bits per heavy atom. The Morgan fingerprint density at radius 3 is 1.96 bits per heavy atom. The quantitative estimate of drug-likeness (QED) is 0.370. The van der Waals surface area contributed by atoms with Crippen molar-refractivity contribution in [3.63, 3.8) is 0 Å². The number of rotatable bonds is 18. The Balaban J connectivity index is 2.05. The molecule has 0 aliphatic heterocycles. The average Bonchev–Trinajstić information content (AvgIpc) is 2.69. The van der Waals surface area contributed by atoms with Crippen molar-refractivity contribution >= 4 is 0 Å². The maximum atomic E-state index is 9.77. The van der Waals surface area contributed by atoms with Crippen molar-refractivity contribution < 1.29 is 24.4 Å². The van der Waals surface area contributed by atoms with E-state index in [2.05, 4.69) is 6.92 Å². The molecule has 0 amide bonds. The molecule has 0 saturated carbocycles. The Morgan fingerprint density at radius 2 is 1.33 bits per heavy atom. The molecule has 0 aliphatic carbocycles. The summed E-state index contributed by atoms with van der Waals surface area (Å²) in [6.07, 6.45) is 10.2. The Hall–Kier alpha value is -1.30. The fourth-order valence-corrected chi connectivity index (χ4v) is 2.68. The van der Waals surface area contributed by atoms with Gasteiger partial charge in [-0.1, -0.05) is 51.9 Å². The summed E-state index contributed by atoms with van der Waals surface area (Å²) in [6, 6.07) is 7.49. The van der Waals surface area contributed by atoms with Gasteiger partial charge in [0.1, 0.15) is 24.2 Å². The van der Waals surface area contributed by atoms with Gasteiger partial charge < -0.3 is 24.4 Å². The summed E-state index contributed by atoms with van der Waals surface area (Å²) in [5, 5.41) is 18.4. The van der Waals surface area contributed by atoms with Gasteiger partial charge in [0.2, 0.25) is 0 Å². The molecule has 1 aromatic rings. The summed E-state index contributed by atoms with van der Waals surface area (Å²) in [6.45, 7) is 3.92. The lowest BCUT2D eigenvalue weighted by atomic mass is 10.1. The van der Waals surface area contributed by atoms with Crippen molar-refractivity contribution in [3.8, 4) is 11.5 Å². The number of hydrogen-bond donors (Lipinski definition) is 2. The van der Waals surface area contributed by atoms with Gasteiger partial charge in [-0.3, -0.25) is 0 Å². The summed E-state index contributed by atoms with van der Waals surface area (Å²) < 4.78 is 16.5. The highest BCUT2D eigenvalue weighted by atomic mass is 16.5. The lowest BCUT2D eigenvalue weighted by Crippen LogP contribution is -2.23. The van der Waals surface area contributed by atoms with E-state index in [1.165, 1.54) is 44.9 Å². The lowest BCUT2D eigenvalue weighted by molar-refractivity contribution is 0.00841. The minimum atomic E-state index is -0.679. The molecule has 0 aliphatic rings. The van der Waals surface area contributed by atoms with Crippen LogP contribution < -0.4 is 9.47 Å². The van der Waals surface area contributed by atoms with Crippen LogP contribution in [0.1, 0.15) is 64.7 Å². The van der Waals surface area contributed by atoms with E-state index in [1.54, 1.807) is 0 Å². The number of hydrogen-bond acceptors (Lipinski definition) is 5. The third kappa shape index (κ3) is 13.5. The minimum absolute atomic E-state index is 0.0973. The molecule has 156 valence electrons. The van der Waals surface area contributed by atoms with Crippen LogP contribution >= 0.6 is 0 Å². The maximum Gasteiger partial charge on any atom is 0.119 e. The van der Waals surface area contributed by atoms with Crippen LogP contribution in [-0.4, -0.2) is 49.4 Å². The van der Waals surface area contributed by atoms with Crippen LogP contribution in [-0.2, 0) is 4.74 Å². The van der Waals surface area contributed by atoms with Gasteiger partial charge in [0.25, 0.3) is 0 Å². The first kappa shape index (κ1) is 23.7. The molecule has 0 fully saturated rings. The fourth-order valence-electron chi connectivity index (χ4n) is 2.68. The van der Waals surface area contributed by atoms with Gasteiger partial charge in [0.05, 0.1) is 13.2 Å². The molecule has 0 saturated heterocycles. The van der Waals surface area contributed by atoms with Gasteiger partial charge in [-0.2, -0.15) is 0 Å². The van der Waals surface area contributed by atoms with Crippen molar-refractivity contribution in [3.05, 3.63) is 24.3 Å². The molecule has 27 heavy (non-hydrogen) atoms. The molecule has 1 unspecified atom stereocenters. The number of aliphatic hydroxyl groups excluding tert-OH is 2. The lowest BCUT2D eigenvalue weighted by Gasteiger charge is -2.13. The van der Waals surface area contributed by atoms with E-state index >= 15 is 0 Å². The number of aliphatic hydroxyl groups is 2. The third-order valence-corrected chi connectivity index (χ3v) is 4.29. The molecule has 2 N–H and O–H groups in total. The first-order chi connectivity index (χ1) is 13.3. The van der Waals surface area contributed by atoms with E-state index < -0.39 is 6.10 Å². The van der Waals surface area contributed by atoms with Crippen LogP contribution in [0, 0.1) is 0 Å². The minimum Gasteiger partial charge on any atom is -0.494 e. The maximum absolute atomic E-state index is 9.77. The Bertz CT molecular complexity index is 435. The van der Waals surface area contributed by atoms with Crippen LogP contribution in [0.15, 0.2) is 24.3 Å². The zero-order chi connectivity index (χ0) is 19.6. The predicted molar refractivity (Wildman–Crippen MR) is 109 cm³/mol. The van der Waals surface area contributed by atoms with E-state index in [-0.39, 0.29) is 19.8 Å². The summed E-state index contributed by atoms with van der Waals surface area (Å²) in [7, 11) is 0. The molecule has 1 atom stereocenters. The molecule has 5 heteroatoms. The second kappa shape index (κ2) is 16.8. The molecule has 1 aromatic carbocycles. The smallest absolute Gasteiger partial charge is 0.119 e. The number of benzene rings is 1. The van der Waals surface area contributed by atoms with Gasteiger partial charge in [-0.15, -0.1) is 0 Å². The van der Waals surface area contributed by atoms with Gasteiger partial charge >= 0.3 is 0 Å². The summed E-state index contributed by atoms with van der Waals surface area (Å²) in [5.74, 6) is 1.54. The molecular formula is C22H38O5. The van der Waals surface area contributed by atoms with E-state index in [0.29, 0.717) is 18.8 Å². The molecule has 5 nitrogen and oxygen atoms in total. The average molecular weight is 383 g/mol. The Kier molecular flexibility index (Phi) is 14.8. The zero-order valence-electron chi connectivity index (χ0n) is 16.9. The standard InChI is InChI=1S/C22H38O5/c1-2-3-4-5-6-7-8-9-17-26-21-11-13-22(14-12-21)27-19-20(24)18-25-16-10-15-23/h11-14,20,23-24H,2-10,15-19H2,1H3. The number of ether oxygens (including phenoxy) is 3. The Labute approximate surface area is 164 Å². The molecule has 0 heterocycles. The highest BCUT2D eigenvalue weighted by molar-refractivity contribution is 5.31. The van der Waals surface area contributed by atoms with Gasteiger partial charge in [-0.05, 0) is 37.1 Å². The van der Waals surface area contributed by atoms with Crippen LogP contribution in [0.25, 0.3) is 0 Å². The highest BCUT2D eigenvalue weighted by Crippen LogP contribution is 2.18. The summed E-state index contributed by atoms with van der Waals surface area (Å²) >= 11 is 0. The normalized spacial score (nSPS) is 12.1. The largest absolute Gasteiger partial charge is 0.494 e. The van der Waals surface area contributed by atoms with Crippen molar-refractivity contribution in [1.29, 1.82) is 0 Å².